The second-order valence-electron chi connectivity index (χ2n) is 5.97. The van der Waals surface area contributed by atoms with Gasteiger partial charge in [0.2, 0.25) is 5.91 Å². The molecule has 2 aromatic heterocycles. The second-order valence-corrected chi connectivity index (χ2v) is 6.81. The maximum absolute atomic E-state index is 13.2. The van der Waals surface area contributed by atoms with E-state index in [2.05, 4.69) is 10.3 Å². The molecule has 1 N–H and O–H groups in total. The number of aromatic nitrogens is 2. The molecule has 0 aliphatic heterocycles. The number of ether oxygens (including phenoxy) is 1. The second kappa shape index (κ2) is 7.20. The lowest BCUT2D eigenvalue weighted by Gasteiger charge is -2.04. The molecule has 136 valence electrons. The van der Waals surface area contributed by atoms with E-state index in [0.29, 0.717) is 5.69 Å². The third kappa shape index (κ3) is 3.68. The number of hydrogen-bond acceptors (Lipinski definition) is 4. The van der Waals surface area contributed by atoms with Gasteiger partial charge in [0, 0.05) is 28.5 Å². The van der Waals surface area contributed by atoms with Gasteiger partial charge < -0.3 is 10.1 Å². The molecule has 2 heterocycles. The smallest absolute Gasteiger partial charge is 0.230 e. The molecule has 0 spiro atoms. The quantitative estimate of drug-likeness (QED) is 0.558. The zero-order valence-corrected chi connectivity index (χ0v) is 15.3. The Morgan fingerprint density at radius 1 is 1.26 bits per heavy atom. The SMILES string of the molecule is COc1ccc(-c2cn3c(CC(=O)Nc4cccc(F)c4)csc3n2)cc1. The van der Waals surface area contributed by atoms with Crippen molar-refractivity contribution in [3.05, 3.63) is 71.6 Å². The molecule has 0 saturated carbocycles. The molecule has 0 bridgehead atoms. The van der Waals surface area contributed by atoms with Gasteiger partial charge in [0.15, 0.2) is 4.96 Å². The lowest BCUT2D eigenvalue weighted by molar-refractivity contribution is -0.115. The Kier molecular flexibility index (Phi) is 4.60. The van der Waals surface area contributed by atoms with E-state index in [1.165, 1.54) is 23.5 Å². The lowest BCUT2D eigenvalue weighted by atomic mass is 10.2. The number of methoxy groups -OCH3 is 1. The molecule has 0 unspecified atom stereocenters. The number of nitrogens with zero attached hydrogens (tertiary/aromatic N) is 2. The Labute approximate surface area is 159 Å². The van der Waals surface area contributed by atoms with Crippen LogP contribution < -0.4 is 10.1 Å². The summed E-state index contributed by atoms with van der Waals surface area (Å²) < 4.78 is 20.3. The summed E-state index contributed by atoms with van der Waals surface area (Å²) in [5.74, 6) is 0.193. The van der Waals surface area contributed by atoms with Crippen LogP contribution in [0.15, 0.2) is 60.1 Å². The van der Waals surface area contributed by atoms with Gasteiger partial charge in [-0.25, -0.2) is 9.37 Å². The van der Waals surface area contributed by atoms with E-state index < -0.39 is 0 Å². The van der Waals surface area contributed by atoms with Gasteiger partial charge in [-0.15, -0.1) is 11.3 Å². The molecule has 0 fully saturated rings. The van der Waals surface area contributed by atoms with Gasteiger partial charge in [0.05, 0.1) is 19.2 Å². The van der Waals surface area contributed by atoms with Crippen molar-refractivity contribution in [1.29, 1.82) is 0 Å². The molecule has 0 atom stereocenters. The highest BCUT2D eigenvalue weighted by molar-refractivity contribution is 7.15. The van der Waals surface area contributed by atoms with Crippen LogP contribution in [0, 0.1) is 5.82 Å². The first-order chi connectivity index (χ1) is 13.1. The van der Waals surface area contributed by atoms with Gasteiger partial charge >= 0.3 is 0 Å². The number of thiazole rings is 1. The summed E-state index contributed by atoms with van der Waals surface area (Å²) in [6, 6.07) is 13.5. The van der Waals surface area contributed by atoms with Crippen LogP contribution in [0.3, 0.4) is 0 Å². The number of hydrogen-bond donors (Lipinski definition) is 1. The lowest BCUT2D eigenvalue weighted by Crippen LogP contribution is -2.15. The number of anilines is 1. The zero-order valence-electron chi connectivity index (χ0n) is 14.5. The molecule has 0 aliphatic rings. The molecule has 1 amide bonds. The maximum Gasteiger partial charge on any atom is 0.230 e. The number of imidazole rings is 1. The predicted molar refractivity (Wildman–Crippen MR) is 104 cm³/mol. The van der Waals surface area contributed by atoms with Crippen molar-refractivity contribution in [2.24, 2.45) is 0 Å². The Morgan fingerprint density at radius 3 is 2.81 bits per heavy atom. The van der Waals surface area contributed by atoms with Crippen LogP contribution in [0.2, 0.25) is 0 Å². The molecule has 0 aliphatic carbocycles. The first-order valence-electron chi connectivity index (χ1n) is 8.28. The zero-order chi connectivity index (χ0) is 18.8. The summed E-state index contributed by atoms with van der Waals surface area (Å²) in [7, 11) is 1.63. The van der Waals surface area contributed by atoms with E-state index in [1.807, 2.05) is 40.2 Å². The van der Waals surface area contributed by atoms with Crippen LogP contribution >= 0.6 is 11.3 Å². The first-order valence-corrected chi connectivity index (χ1v) is 9.15. The topological polar surface area (TPSA) is 55.6 Å². The van der Waals surface area contributed by atoms with Crippen molar-refractivity contribution in [3.63, 3.8) is 0 Å². The van der Waals surface area contributed by atoms with Crippen molar-refractivity contribution in [2.75, 3.05) is 12.4 Å². The van der Waals surface area contributed by atoms with E-state index in [1.54, 1.807) is 19.2 Å². The van der Waals surface area contributed by atoms with Gasteiger partial charge in [-0.3, -0.25) is 9.20 Å². The summed E-state index contributed by atoms with van der Waals surface area (Å²) in [5.41, 5.74) is 3.07. The number of nitrogens with one attached hydrogen (secondary N) is 1. The number of amides is 1. The molecule has 27 heavy (non-hydrogen) atoms. The van der Waals surface area contributed by atoms with E-state index in [4.69, 9.17) is 4.74 Å². The fourth-order valence-electron chi connectivity index (χ4n) is 2.79. The number of rotatable bonds is 5. The van der Waals surface area contributed by atoms with Gasteiger partial charge in [-0.1, -0.05) is 6.07 Å². The van der Waals surface area contributed by atoms with Crippen molar-refractivity contribution in [1.82, 2.24) is 9.38 Å². The average Bonchev–Trinajstić information content (AvgIpc) is 3.24. The first kappa shape index (κ1) is 17.2. The Bertz CT molecular complexity index is 1100. The van der Waals surface area contributed by atoms with Gasteiger partial charge in [-0.2, -0.15) is 0 Å². The van der Waals surface area contributed by atoms with Crippen LogP contribution in [-0.2, 0) is 11.2 Å². The van der Waals surface area contributed by atoms with Gasteiger partial charge in [0.1, 0.15) is 11.6 Å². The summed E-state index contributed by atoms with van der Waals surface area (Å²) in [6.07, 6.45) is 2.09. The van der Waals surface area contributed by atoms with E-state index in [0.717, 1.165) is 27.7 Å². The molecular formula is C20H16FN3O2S. The molecule has 0 radical (unpaired) electrons. The number of carbonyl (C=O) groups excluding carboxylic acids is 1. The minimum Gasteiger partial charge on any atom is -0.497 e. The summed E-state index contributed by atoms with van der Waals surface area (Å²) in [5, 5.41) is 4.62. The van der Waals surface area contributed by atoms with Crippen molar-refractivity contribution < 1.29 is 13.9 Å². The third-order valence-corrected chi connectivity index (χ3v) is 5.01. The third-order valence-electron chi connectivity index (χ3n) is 4.12. The predicted octanol–water partition coefficient (Wildman–Crippen LogP) is 4.39. The standard InChI is InChI=1S/C20H16FN3O2S/c1-26-17-7-5-13(6-8-17)18-11-24-16(12-27-20(24)23-18)10-19(25)22-15-4-2-3-14(21)9-15/h2-9,11-12H,10H2,1H3,(H,22,25). The minimum atomic E-state index is -0.385. The van der Waals surface area contributed by atoms with Crippen molar-refractivity contribution in [2.45, 2.75) is 6.42 Å². The number of carbonyl (C=O) groups is 1. The van der Waals surface area contributed by atoms with E-state index in [9.17, 15) is 9.18 Å². The Balaban J connectivity index is 1.54. The fraction of sp³-hybridized carbons (Fsp3) is 0.100. The summed E-state index contributed by atoms with van der Waals surface area (Å²) >= 11 is 1.47. The van der Waals surface area contributed by atoms with Gasteiger partial charge in [-0.05, 0) is 42.5 Å². The van der Waals surface area contributed by atoms with E-state index in [-0.39, 0.29) is 18.1 Å². The largest absolute Gasteiger partial charge is 0.497 e. The number of benzene rings is 2. The molecule has 5 nitrogen and oxygen atoms in total. The normalized spacial score (nSPS) is 10.9. The van der Waals surface area contributed by atoms with Crippen LogP contribution in [0.5, 0.6) is 5.75 Å². The number of fused-ring (bicyclic) bond motifs is 1. The van der Waals surface area contributed by atoms with Gasteiger partial charge in [0.25, 0.3) is 0 Å². The molecule has 4 aromatic rings. The monoisotopic (exact) mass is 381 g/mol. The Hall–Kier alpha value is -3.19. The highest BCUT2D eigenvalue weighted by atomic mass is 32.1. The van der Waals surface area contributed by atoms with E-state index >= 15 is 0 Å². The summed E-state index contributed by atoms with van der Waals surface area (Å²) in [6.45, 7) is 0. The molecule has 4 rings (SSSR count). The maximum atomic E-state index is 13.2. The number of halogens is 1. The van der Waals surface area contributed by atoms with Crippen LogP contribution in [0.1, 0.15) is 5.69 Å². The van der Waals surface area contributed by atoms with Crippen molar-refractivity contribution in [3.8, 4) is 17.0 Å². The minimum absolute atomic E-state index is 0.176. The highest BCUT2D eigenvalue weighted by Gasteiger charge is 2.13. The van der Waals surface area contributed by atoms with Crippen LogP contribution in [-0.4, -0.2) is 22.4 Å². The average molecular weight is 381 g/mol. The molecule has 2 aromatic carbocycles. The molecule has 0 saturated heterocycles. The fourth-order valence-corrected chi connectivity index (χ4v) is 3.67. The van der Waals surface area contributed by atoms with Crippen LogP contribution in [0.4, 0.5) is 10.1 Å². The highest BCUT2D eigenvalue weighted by Crippen LogP contribution is 2.25. The Morgan fingerprint density at radius 2 is 2.07 bits per heavy atom. The summed E-state index contributed by atoms with van der Waals surface area (Å²) in [4.78, 5) is 17.7. The van der Waals surface area contributed by atoms with Crippen LogP contribution in [0.25, 0.3) is 16.2 Å². The molecular weight excluding hydrogens is 365 g/mol. The van der Waals surface area contributed by atoms with Crippen molar-refractivity contribution >= 4 is 27.9 Å². The molecule has 7 heteroatoms.